The molecular formula is C53H98O6. The molecule has 0 rings (SSSR count). The van der Waals surface area contributed by atoms with Gasteiger partial charge in [-0.15, -0.1) is 0 Å². The van der Waals surface area contributed by atoms with Crippen molar-refractivity contribution in [1.82, 2.24) is 0 Å². The second-order valence-corrected chi connectivity index (χ2v) is 17.4. The van der Waals surface area contributed by atoms with Crippen LogP contribution in [-0.4, -0.2) is 37.2 Å². The first-order valence-corrected chi connectivity index (χ1v) is 25.8. The summed E-state index contributed by atoms with van der Waals surface area (Å²) in [4.78, 5) is 37.9. The van der Waals surface area contributed by atoms with E-state index in [0.717, 1.165) is 70.6 Å². The first-order chi connectivity index (χ1) is 29.0. The number of allylic oxidation sites excluding steroid dienone is 4. The van der Waals surface area contributed by atoms with Gasteiger partial charge in [-0.25, -0.2) is 0 Å². The fraction of sp³-hybridized carbons (Fsp3) is 0.868. The lowest BCUT2D eigenvalue weighted by Gasteiger charge is -2.18. The zero-order valence-electron chi connectivity index (χ0n) is 39.5. The fourth-order valence-electron chi connectivity index (χ4n) is 7.53. The summed E-state index contributed by atoms with van der Waals surface area (Å²) in [5, 5.41) is 0. The zero-order chi connectivity index (χ0) is 43.0. The molecule has 0 aromatic carbocycles. The van der Waals surface area contributed by atoms with E-state index in [4.69, 9.17) is 14.2 Å². The van der Waals surface area contributed by atoms with Crippen molar-refractivity contribution in [3.63, 3.8) is 0 Å². The van der Waals surface area contributed by atoms with Gasteiger partial charge in [-0.1, -0.05) is 231 Å². The molecule has 1 atom stereocenters. The maximum Gasteiger partial charge on any atom is 0.306 e. The molecule has 6 nitrogen and oxygen atoms in total. The van der Waals surface area contributed by atoms with Crippen LogP contribution in [0.15, 0.2) is 24.3 Å². The van der Waals surface area contributed by atoms with Gasteiger partial charge in [0.25, 0.3) is 0 Å². The Kier molecular flexibility index (Phi) is 46.8. The Morgan fingerprint density at radius 2 is 0.610 bits per heavy atom. The van der Waals surface area contributed by atoms with Crippen LogP contribution in [-0.2, 0) is 28.6 Å². The number of unbranched alkanes of at least 4 members (excludes halogenated alkanes) is 32. The molecule has 6 heteroatoms. The van der Waals surface area contributed by atoms with Gasteiger partial charge in [0.05, 0.1) is 0 Å². The molecule has 0 spiro atoms. The third-order valence-corrected chi connectivity index (χ3v) is 11.5. The summed E-state index contributed by atoms with van der Waals surface area (Å²) in [6.45, 7) is 6.62. The van der Waals surface area contributed by atoms with Crippen molar-refractivity contribution in [2.24, 2.45) is 0 Å². The van der Waals surface area contributed by atoms with Crippen molar-refractivity contribution in [2.45, 2.75) is 284 Å². The molecule has 0 fully saturated rings. The summed E-state index contributed by atoms with van der Waals surface area (Å²) in [6.07, 6.45) is 54.4. The summed E-state index contributed by atoms with van der Waals surface area (Å²) in [6, 6.07) is 0. The predicted molar refractivity (Wildman–Crippen MR) is 252 cm³/mol. The van der Waals surface area contributed by atoms with E-state index in [1.165, 1.54) is 167 Å². The molecule has 346 valence electrons. The topological polar surface area (TPSA) is 78.9 Å². The van der Waals surface area contributed by atoms with Gasteiger partial charge in [0, 0.05) is 19.3 Å². The Hall–Kier alpha value is -2.11. The first-order valence-electron chi connectivity index (χ1n) is 25.8. The summed E-state index contributed by atoms with van der Waals surface area (Å²) >= 11 is 0. The van der Waals surface area contributed by atoms with Crippen molar-refractivity contribution in [3.05, 3.63) is 24.3 Å². The first kappa shape index (κ1) is 56.9. The number of rotatable bonds is 47. The molecule has 0 amide bonds. The van der Waals surface area contributed by atoms with E-state index in [1.54, 1.807) is 0 Å². The summed E-state index contributed by atoms with van der Waals surface area (Å²) in [5.74, 6) is -0.865. The molecule has 1 unspecified atom stereocenters. The molecule has 0 saturated carbocycles. The molecule has 0 aromatic heterocycles. The SMILES string of the molecule is CCCCC/C=C\C/C=C\CCCCCCCCCC(=O)OCC(COC(=O)CCCCCCCCCCCC)OC(=O)CCCCCCCCCCCCCCCC. The standard InChI is InChI=1S/C53H98O6/c1-4-7-10-13-16-19-22-24-26-27-28-30-31-34-37-40-43-46-52(55)58-49-50(48-57-51(54)45-42-39-36-33-21-18-15-12-9-6-3)59-53(56)47-44-41-38-35-32-29-25-23-20-17-14-11-8-5-2/h16,19,24,26,50H,4-15,17-18,20-23,25,27-49H2,1-3H3/b19-16-,26-24-. The Morgan fingerprint density at radius 3 is 0.966 bits per heavy atom. The lowest BCUT2D eigenvalue weighted by molar-refractivity contribution is -0.167. The van der Waals surface area contributed by atoms with Crippen molar-refractivity contribution >= 4 is 17.9 Å². The van der Waals surface area contributed by atoms with Crippen molar-refractivity contribution in [3.8, 4) is 0 Å². The van der Waals surface area contributed by atoms with Gasteiger partial charge in [0.1, 0.15) is 13.2 Å². The van der Waals surface area contributed by atoms with Gasteiger partial charge in [0.2, 0.25) is 0 Å². The number of hydrogen-bond donors (Lipinski definition) is 0. The molecule has 0 aliphatic carbocycles. The molecule has 0 heterocycles. The molecule has 59 heavy (non-hydrogen) atoms. The maximum atomic E-state index is 12.8. The van der Waals surface area contributed by atoms with E-state index >= 15 is 0 Å². The molecule has 0 saturated heterocycles. The summed E-state index contributed by atoms with van der Waals surface area (Å²) < 4.78 is 16.8. The Bertz CT molecular complexity index is 958. The van der Waals surface area contributed by atoms with Crippen LogP contribution in [0.2, 0.25) is 0 Å². The van der Waals surface area contributed by atoms with Crippen molar-refractivity contribution < 1.29 is 28.6 Å². The number of hydrogen-bond acceptors (Lipinski definition) is 6. The summed E-state index contributed by atoms with van der Waals surface area (Å²) in [7, 11) is 0. The monoisotopic (exact) mass is 831 g/mol. The normalized spacial score (nSPS) is 12.1. The highest BCUT2D eigenvalue weighted by Crippen LogP contribution is 2.16. The van der Waals surface area contributed by atoms with Crippen LogP contribution in [0.1, 0.15) is 278 Å². The number of ether oxygens (including phenoxy) is 3. The average molecular weight is 831 g/mol. The quantitative estimate of drug-likeness (QED) is 0.0263. The molecular weight excluding hydrogens is 733 g/mol. The second-order valence-electron chi connectivity index (χ2n) is 17.4. The minimum absolute atomic E-state index is 0.0691. The van der Waals surface area contributed by atoms with E-state index in [9.17, 15) is 14.4 Å². The largest absolute Gasteiger partial charge is 0.462 e. The Labute approximate surface area is 366 Å². The molecule has 0 radical (unpaired) electrons. The van der Waals surface area contributed by atoms with E-state index in [-0.39, 0.29) is 31.1 Å². The van der Waals surface area contributed by atoms with Crippen LogP contribution in [0.4, 0.5) is 0 Å². The Balaban J connectivity index is 4.31. The van der Waals surface area contributed by atoms with Gasteiger partial charge in [-0.2, -0.15) is 0 Å². The van der Waals surface area contributed by atoms with Crippen LogP contribution >= 0.6 is 0 Å². The third-order valence-electron chi connectivity index (χ3n) is 11.5. The number of carbonyl (C=O) groups is 3. The van der Waals surface area contributed by atoms with Crippen molar-refractivity contribution in [1.29, 1.82) is 0 Å². The minimum Gasteiger partial charge on any atom is -0.462 e. The lowest BCUT2D eigenvalue weighted by Crippen LogP contribution is -2.30. The highest BCUT2D eigenvalue weighted by Gasteiger charge is 2.19. The van der Waals surface area contributed by atoms with Gasteiger partial charge < -0.3 is 14.2 Å². The van der Waals surface area contributed by atoms with Crippen LogP contribution in [0, 0.1) is 0 Å². The minimum atomic E-state index is -0.767. The van der Waals surface area contributed by atoms with Gasteiger partial charge in [-0.3, -0.25) is 14.4 Å². The smallest absolute Gasteiger partial charge is 0.306 e. The molecule has 0 aromatic rings. The van der Waals surface area contributed by atoms with E-state index in [0.29, 0.717) is 19.3 Å². The maximum absolute atomic E-state index is 12.8. The predicted octanol–water partition coefficient (Wildman–Crippen LogP) is 16.8. The van der Waals surface area contributed by atoms with Gasteiger partial charge in [-0.05, 0) is 51.4 Å². The highest BCUT2D eigenvalue weighted by molar-refractivity contribution is 5.71. The number of esters is 3. The van der Waals surface area contributed by atoms with E-state index in [1.807, 2.05) is 0 Å². The van der Waals surface area contributed by atoms with Crippen LogP contribution in [0.3, 0.4) is 0 Å². The third kappa shape index (κ3) is 46.8. The highest BCUT2D eigenvalue weighted by atomic mass is 16.6. The molecule has 0 bridgehead atoms. The van der Waals surface area contributed by atoms with E-state index in [2.05, 4.69) is 45.1 Å². The molecule has 0 aliphatic heterocycles. The lowest BCUT2D eigenvalue weighted by atomic mass is 10.0. The van der Waals surface area contributed by atoms with Crippen molar-refractivity contribution in [2.75, 3.05) is 13.2 Å². The van der Waals surface area contributed by atoms with Gasteiger partial charge >= 0.3 is 17.9 Å². The molecule has 0 N–H and O–H groups in total. The molecule has 0 aliphatic rings. The zero-order valence-corrected chi connectivity index (χ0v) is 39.5. The van der Waals surface area contributed by atoms with Crippen LogP contribution in [0.5, 0.6) is 0 Å². The van der Waals surface area contributed by atoms with E-state index < -0.39 is 6.10 Å². The Morgan fingerprint density at radius 1 is 0.339 bits per heavy atom. The summed E-state index contributed by atoms with van der Waals surface area (Å²) in [5.41, 5.74) is 0. The number of carbonyl (C=O) groups excluding carboxylic acids is 3. The fourth-order valence-corrected chi connectivity index (χ4v) is 7.53. The van der Waals surface area contributed by atoms with Crippen LogP contribution in [0.25, 0.3) is 0 Å². The average Bonchev–Trinajstić information content (AvgIpc) is 3.23. The second kappa shape index (κ2) is 48.6. The van der Waals surface area contributed by atoms with Crippen LogP contribution < -0.4 is 0 Å². The van der Waals surface area contributed by atoms with Gasteiger partial charge in [0.15, 0.2) is 6.10 Å².